The van der Waals surface area contributed by atoms with Crippen molar-refractivity contribution in [2.45, 2.75) is 19.8 Å². The van der Waals surface area contributed by atoms with Gasteiger partial charge in [0, 0.05) is 10.4 Å². The minimum Gasteiger partial charge on any atom is -0.493 e. The lowest BCUT2D eigenvalue weighted by Crippen LogP contribution is -2.23. The van der Waals surface area contributed by atoms with Gasteiger partial charge in [-0.2, -0.15) is 9.78 Å². The van der Waals surface area contributed by atoms with Gasteiger partial charge in [-0.05, 0) is 58.5 Å². The quantitative estimate of drug-likeness (QED) is 0.335. The lowest BCUT2D eigenvalue weighted by Gasteiger charge is -2.12. The van der Waals surface area contributed by atoms with E-state index in [1.165, 1.54) is 4.68 Å². The number of benzene rings is 2. The van der Waals surface area contributed by atoms with Crippen molar-refractivity contribution in [3.05, 3.63) is 60.1 Å². The highest BCUT2D eigenvalue weighted by Gasteiger charge is 2.14. The maximum atomic E-state index is 13.1. The average molecular weight is 556 g/mol. The molecule has 0 saturated carbocycles. The van der Waals surface area contributed by atoms with E-state index in [1.807, 2.05) is 38.1 Å². The maximum Gasteiger partial charge on any atom is 0.282 e. The van der Waals surface area contributed by atoms with Crippen LogP contribution in [0.1, 0.15) is 31.2 Å². The molecule has 8 heteroatoms. The summed E-state index contributed by atoms with van der Waals surface area (Å²) in [6.45, 7) is 3.97. The standard InChI is InChI=1S/C20H19BrIN3O3/c1-11(2)19-24-16-6-5-13(21)9-14(16)20(26)25(19)23-10-12-7-15(22)18(28-4)17(8-12)27-3/h5-11H,1-4H3. The number of methoxy groups -OCH3 is 2. The van der Waals surface area contributed by atoms with Gasteiger partial charge in [0.05, 0.1) is 34.9 Å². The number of nitrogens with zero attached hydrogens (tertiary/aromatic N) is 3. The molecule has 2 aromatic carbocycles. The van der Waals surface area contributed by atoms with Crippen LogP contribution in [0.25, 0.3) is 10.9 Å². The fourth-order valence-electron chi connectivity index (χ4n) is 2.79. The number of hydrogen-bond acceptors (Lipinski definition) is 5. The van der Waals surface area contributed by atoms with Crippen LogP contribution >= 0.6 is 38.5 Å². The summed E-state index contributed by atoms with van der Waals surface area (Å²) in [5, 5.41) is 4.96. The minimum absolute atomic E-state index is 0.0310. The molecule has 28 heavy (non-hydrogen) atoms. The molecule has 1 aromatic heterocycles. The highest BCUT2D eigenvalue weighted by molar-refractivity contribution is 14.1. The SMILES string of the molecule is COc1cc(C=Nn2c(C(C)C)nc3ccc(Br)cc3c2=O)cc(I)c1OC. The largest absolute Gasteiger partial charge is 0.493 e. The zero-order valence-corrected chi connectivity index (χ0v) is 19.6. The Hall–Kier alpha value is -1.94. The second-order valence-corrected chi connectivity index (χ2v) is 8.46. The van der Waals surface area contributed by atoms with Crippen LogP contribution in [0.3, 0.4) is 0 Å². The fourth-order valence-corrected chi connectivity index (χ4v) is 3.99. The van der Waals surface area contributed by atoms with Crippen LogP contribution in [-0.4, -0.2) is 30.1 Å². The number of fused-ring (bicyclic) bond motifs is 1. The highest BCUT2D eigenvalue weighted by atomic mass is 127. The molecule has 0 radical (unpaired) electrons. The molecule has 0 amide bonds. The smallest absolute Gasteiger partial charge is 0.282 e. The maximum absolute atomic E-state index is 13.1. The molecule has 146 valence electrons. The predicted molar refractivity (Wildman–Crippen MR) is 123 cm³/mol. The molecule has 0 fully saturated rings. The summed E-state index contributed by atoms with van der Waals surface area (Å²) in [7, 11) is 3.18. The van der Waals surface area contributed by atoms with E-state index in [9.17, 15) is 4.79 Å². The van der Waals surface area contributed by atoms with Crippen molar-refractivity contribution in [1.29, 1.82) is 0 Å². The first-order chi connectivity index (χ1) is 13.3. The molecule has 3 rings (SSSR count). The first kappa shape index (κ1) is 20.8. The lowest BCUT2D eigenvalue weighted by molar-refractivity contribution is 0.353. The van der Waals surface area contributed by atoms with Gasteiger partial charge in [-0.25, -0.2) is 4.98 Å². The third-order valence-corrected chi connectivity index (χ3v) is 5.42. The van der Waals surface area contributed by atoms with Gasteiger partial charge in [-0.3, -0.25) is 4.79 Å². The predicted octanol–water partition coefficient (Wildman–Crippen LogP) is 4.79. The molecule has 1 heterocycles. The van der Waals surface area contributed by atoms with E-state index in [1.54, 1.807) is 26.5 Å². The highest BCUT2D eigenvalue weighted by Crippen LogP contribution is 2.33. The topological polar surface area (TPSA) is 65.7 Å². The van der Waals surface area contributed by atoms with Gasteiger partial charge in [0.25, 0.3) is 5.56 Å². The van der Waals surface area contributed by atoms with Gasteiger partial charge >= 0.3 is 0 Å². The zero-order valence-electron chi connectivity index (χ0n) is 15.9. The molecule has 0 saturated heterocycles. The van der Waals surface area contributed by atoms with Crippen molar-refractivity contribution in [1.82, 2.24) is 9.66 Å². The van der Waals surface area contributed by atoms with Gasteiger partial charge in [0.15, 0.2) is 11.5 Å². The summed E-state index contributed by atoms with van der Waals surface area (Å²) in [4.78, 5) is 17.7. The van der Waals surface area contributed by atoms with Crippen molar-refractivity contribution in [2.24, 2.45) is 5.10 Å². The number of ether oxygens (including phenoxy) is 2. The van der Waals surface area contributed by atoms with Crippen LogP contribution in [0.4, 0.5) is 0 Å². The van der Waals surface area contributed by atoms with Gasteiger partial charge < -0.3 is 9.47 Å². The monoisotopic (exact) mass is 555 g/mol. The zero-order chi connectivity index (χ0) is 20.4. The number of hydrogen-bond donors (Lipinski definition) is 0. The molecule has 6 nitrogen and oxygen atoms in total. The van der Waals surface area contributed by atoms with Gasteiger partial charge in [0.2, 0.25) is 0 Å². The molecule has 0 unspecified atom stereocenters. The minimum atomic E-state index is -0.207. The Balaban J connectivity index is 2.16. The van der Waals surface area contributed by atoms with Gasteiger partial charge in [-0.15, -0.1) is 0 Å². The molecular weight excluding hydrogens is 537 g/mol. The molecule has 0 aliphatic carbocycles. The van der Waals surface area contributed by atoms with Gasteiger partial charge in [0.1, 0.15) is 5.82 Å². The number of aromatic nitrogens is 2. The first-order valence-corrected chi connectivity index (χ1v) is 10.4. The van der Waals surface area contributed by atoms with Crippen molar-refractivity contribution < 1.29 is 9.47 Å². The van der Waals surface area contributed by atoms with E-state index < -0.39 is 0 Å². The van der Waals surface area contributed by atoms with Crippen molar-refractivity contribution in [3.8, 4) is 11.5 Å². The van der Waals surface area contributed by atoms with Gasteiger partial charge in [-0.1, -0.05) is 29.8 Å². The number of halogens is 2. The Morgan fingerprint density at radius 2 is 1.96 bits per heavy atom. The third kappa shape index (κ3) is 4.07. The van der Waals surface area contributed by atoms with Crippen LogP contribution in [0.5, 0.6) is 11.5 Å². The van der Waals surface area contributed by atoms with E-state index in [4.69, 9.17) is 9.47 Å². The molecule has 0 aliphatic heterocycles. The molecule has 0 bridgehead atoms. The molecule has 0 spiro atoms. The van der Waals surface area contributed by atoms with Crippen LogP contribution in [0.15, 0.2) is 44.7 Å². The lowest BCUT2D eigenvalue weighted by atomic mass is 10.2. The van der Waals surface area contributed by atoms with Crippen LogP contribution < -0.4 is 15.0 Å². The average Bonchev–Trinajstić information content (AvgIpc) is 2.66. The van der Waals surface area contributed by atoms with Crippen LogP contribution in [-0.2, 0) is 0 Å². The first-order valence-electron chi connectivity index (χ1n) is 8.53. The second-order valence-electron chi connectivity index (χ2n) is 6.39. The second kappa shape index (κ2) is 8.60. The summed E-state index contributed by atoms with van der Waals surface area (Å²) in [6.07, 6.45) is 1.63. The van der Waals surface area contributed by atoms with E-state index >= 15 is 0 Å². The molecule has 0 atom stereocenters. The summed E-state index contributed by atoms with van der Waals surface area (Å²) < 4.78 is 13.8. The number of rotatable bonds is 5. The Kier molecular flexibility index (Phi) is 6.39. The molecule has 3 aromatic rings. The van der Waals surface area contributed by atoms with Crippen molar-refractivity contribution in [3.63, 3.8) is 0 Å². The summed E-state index contributed by atoms with van der Waals surface area (Å²) in [6, 6.07) is 9.20. The van der Waals surface area contributed by atoms with Crippen molar-refractivity contribution in [2.75, 3.05) is 14.2 Å². The van der Waals surface area contributed by atoms with Crippen molar-refractivity contribution >= 4 is 55.6 Å². The third-order valence-electron chi connectivity index (χ3n) is 4.13. The fraction of sp³-hybridized carbons (Fsp3) is 0.250. The van der Waals surface area contributed by atoms with E-state index in [0.717, 1.165) is 13.6 Å². The van der Waals surface area contributed by atoms with E-state index in [2.05, 4.69) is 48.6 Å². The normalized spacial score (nSPS) is 11.5. The Bertz CT molecular complexity index is 1130. The Morgan fingerprint density at radius 3 is 2.61 bits per heavy atom. The summed E-state index contributed by atoms with van der Waals surface area (Å²) in [5.74, 6) is 1.90. The summed E-state index contributed by atoms with van der Waals surface area (Å²) >= 11 is 5.59. The summed E-state index contributed by atoms with van der Waals surface area (Å²) in [5.41, 5.74) is 1.24. The molecule has 0 aliphatic rings. The Labute approximate surface area is 184 Å². The van der Waals surface area contributed by atoms with E-state index in [0.29, 0.717) is 28.2 Å². The Morgan fingerprint density at radius 1 is 1.21 bits per heavy atom. The van der Waals surface area contributed by atoms with Crippen LogP contribution in [0, 0.1) is 3.57 Å². The molecular formula is C20H19BrIN3O3. The van der Waals surface area contributed by atoms with E-state index in [-0.39, 0.29) is 11.5 Å². The molecule has 0 N–H and O–H groups in total. The van der Waals surface area contributed by atoms with Crippen LogP contribution in [0.2, 0.25) is 0 Å².